The molecule has 20 heavy (non-hydrogen) atoms. The molecule has 0 fully saturated rings. The zero-order valence-electron chi connectivity index (χ0n) is 12.1. The molecule has 0 spiro atoms. The first-order valence-electron chi connectivity index (χ1n) is 6.32. The van der Waals surface area contributed by atoms with Crippen molar-refractivity contribution in [3.05, 3.63) is 16.3 Å². The fourth-order valence-electron chi connectivity index (χ4n) is 1.80. The van der Waals surface area contributed by atoms with Crippen molar-refractivity contribution in [1.29, 1.82) is 0 Å². The van der Waals surface area contributed by atoms with Gasteiger partial charge in [-0.2, -0.15) is 5.10 Å². The molecule has 6 nitrogen and oxygen atoms in total. The molecule has 0 aliphatic carbocycles. The normalized spacial score (nSPS) is 11.2. The smallest absolute Gasteiger partial charge is 0.180 e. The molecule has 0 unspecified atom stereocenters. The van der Waals surface area contributed by atoms with E-state index >= 15 is 0 Å². The number of nitrogens with zero attached hydrogens (tertiary/aromatic N) is 4. The second-order valence-electron chi connectivity index (χ2n) is 4.35. The van der Waals surface area contributed by atoms with Crippen LogP contribution in [-0.4, -0.2) is 40.2 Å². The highest BCUT2D eigenvalue weighted by Gasteiger charge is 2.16. The van der Waals surface area contributed by atoms with Crippen molar-refractivity contribution in [2.75, 3.05) is 20.3 Å². The lowest BCUT2D eigenvalue weighted by atomic mass is 10.2. The van der Waals surface area contributed by atoms with E-state index in [9.17, 15) is 0 Å². The Labute approximate surface area is 126 Å². The SMILES string of the molecule is COCCNCc1c(C)nn(C)c1Sc1nnc(C)s1. The highest BCUT2D eigenvalue weighted by atomic mass is 32.2. The summed E-state index contributed by atoms with van der Waals surface area (Å²) in [5, 5.41) is 18.2. The van der Waals surface area contributed by atoms with Gasteiger partial charge in [0.15, 0.2) is 4.34 Å². The monoisotopic (exact) mass is 313 g/mol. The van der Waals surface area contributed by atoms with Gasteiger partial charge in [0.1, 0.15) is 10.0 Å². The van der Waals surface area contributed by atoms with Crippen LogP contribution in [0.2, 0.25) is 0 Å². The summed E-state index contributed by atoms with van der Waals surface area (Å²) in [5.41, 5.74) is 2.25. The van der Waals surface area contributed by atoms with E-state index in [0.717, 1.165) is 33.2 Å². The summed E-state index contributed by atoms with van der Waals surface area (Å²) < 4.78 is 7.89. The maximum absolute atomic E-state index is 5.04. The van der Waals surface area contributed by atoms with Gasteiger partial charge in [-0.3, -0.25) is 4.68 Å². The van der Waals surface area contributed by atoms with E-state index in [-0.39, 0.29) is 0 Å². The maximum Gasteiger partial charge on any atom is 0.180 e. The third-order valence-electron chi connectivity index (χ3n) is 2.77. The molecule has 2 rings (SSSR count). The molecular weight excluding hydrogens is 294 g/mol. The molecule has 0 saturated carbocycles. The molecular formula is C12H19N5OS2. The lowest BCUT2D eigenvalue weighted by molar-refractivity contribution is 0.199. The van der Waals surface area contributed by atoms with Gasteiger partial charge in [0, 0.05) is 32.8 Å². The van der Waals surface area contributed by atoms with Crippen molar-refractivity contribution < 1.29 is 4.74 Å². The summed E-state index contributed by atoms with van der Waals surface area (Å²) in [7, 11) is 3.66. The van der Waals surface area contributed by atoms with E-state index in [4.69, 9.17) is 4.74 Å². The number of hydrogen-bond acceptors (Lipinski definition) is 7. The van der Waals surface area contributed by atoms with Crippen LogP contribution >= 0.6 is 23.1 Å². The van der Waals surface area contributed by atoms with Gasteiger partial charge in [-0.15, -0.1) is 10.2 Å². The zero-order chi connectivity index (χ0) is 14.5. The highest BCUT2D eigenvalue weighted by molar-refractivity contribution is 8.01. The topological polar surface area (TPSA) is 64.9 Å². The molecule has 110 valence electrons. The van der Waals surface area contributed by atoms with Crippen molar-refractivity contribution >= 4 is 23.1 Å². The molecule has 1 N–H and O–H groups in total. The van der Waals surface area contributed by atoms with Crippen LogP contribution in [0.15, 0.2) is 9.37 Å². The van der Waals surface area contributed by atoms with Crippen molar-refractivity contribution in [1.82, 2.24) is 25.3 Å². The standard InChI is InChI=1S/C12H19N5OS2/c1-8-10(7-13-5-6-18-4)11(17(3)16-8)20-12-15-14-9(2)19-12/h13H,5-7H2,1-4H3. The second-order valence-corrected chi connectivity index (χ2v) is 6.77. The Kier molecular flexibility index (Phi) is 5.53. The lowest BCUT2D eigenvalue weighted by Gasteiger charge is -2.06. The van der Waals surface area contributed by atoms with E-state index in [1.807, 2.05) is 25.6 Å². The average Bonchev–Trinajstić information content (AvgIpc) is 2.92. The number of rotatable bonds is 7. The Morgan fingerprint density at radius 2 is 2.15 bits per heavy atom. The lowest BCUT2D eigenvalue weighted by Crippen LogP contribution is -2.19. The molecule has 0 radical (unpaired) electrons. The number of methoxy groups -OCH3 is 1. The fourth-order valence-corrected chi connectivity index (χ4v) is 3.75. The summed E-state index contributed by atoms with van der Waals surface area (Å²) in [6, 6.07) is 0. The van der Waals surface area contributed by atoms with Gasteiger partial charge in [-0.05, 0) is 25.6 Å². The van der Waals surface area contributed by atoms with E-state index < -0.39 is 0 Å². The first-order valence-corrected chi connectivity index (χ1v) is 7.95. The number of ether oxygens (including phenoxy) is 1. The fraction of sp³-hybridized carbons (Fsp3) is 0.583. The van der Waals surface area contributed by atoms with E-state index in [2.05, 4.69) is 20.6 Å². The quantitative estimate of drug-likeness (QED) is 0.786. The molecule has 8 heteroatoms. The van der Waals surface area contributed by atoms with Gasteiger partial charge in [-0.25, -0.2) is 0 Å². The van der Waals surface area contributed by atoms with Crippen LogP contribution in [0.1, 0.15) is 16.3 Å². The Morgan fingerprint density at radius 3 is 2.80 bits per heavy atom. The summed E-state index contributed by atoms with van der Waals surface area (Å²) in [5.74, 6) is 0. The van der Waals surface area contributed by atoms with Gasteiger partial charge in [0.2, 0.25) is 0 Å². The van der Waals surface area contributed by atoms with E-state index in [1.54, 1.807) is 30.2 Å². The van der Waals surface area contributed by atoms with Crippen LogP contribution in [0.3, 0.4) is 0 Å². The van der Waals surface area contributed by atoms with Crippen LogP contribution in [0.5, 0.6) is 0 Å². The van der Waals surface area contributed by atoms with E-state index in [1.165, 1.54) is 5.56 Å². The molecule has 0 bridgehead atoms. The summed E-state index contributed by atoms with van der Waals surface area (Å²) in [4.78, 5) is 0. The Hall–Kier alpha value is -0.960. The Balaban J connectivity index is 2.10. The minimum absolute atomic E-state index is 0.706. The average molecular weight is 313 g/mol. The van der Waals surface area contributed by atoms with Gasteiger partial charge >= 0.3 is 0 Å². The largest absolute Gasteiger partial charge is 0.383 e. The highest BCUT2D eigenvalue weighted by Crippen LogP contribution is 2.33. The number of aromatic nitrogens is 4. The zero-order valence-corrected chi connectivity index (χ0v) is 13.8. The van der Waals surface area contributed by atoms with E-state index in [0.29, 0.717) is 6.61 Å². The molecule has 0 atom stereocenters. The Bertz CT molecular complexity index is 566. The van der Waals surface area contributed by atoms with Crippen LogP contribution in [-0.2, 0) is 18.3 Å². The maximum atomic E-state index is 5.04. The number of nitrogens with one attached hydrogen (secondary N) is 1. The number of aryl methyl sites for hydroxylation is 3. The molecule has 2 aromatic rings. The second kappa shape index (κ2) is 7.16. The minimum atomic E-state index is 0.706. The molecule has 0 saturated heterocycles. The summed E-state index contributed by atoms with van der Waals surface area (Å²) >= 11 is 3.22. The van der Waals surface area contributed by atoms with Gasteiger partial charge in [0.25, 0.3) is 0 Å². The third-order valence-corrected chi connectivity index (χ3v) is 4.86. The van der Waals surface area contributed by atoms with Gasteiger partial charge < -0.3 is 10.1 Å². The molecule has 0 amide bonds. The first-order chi connectivity index (χ1) is 9.61. The summed E-state index contributed by atoms with van der Waals surface area (Å²) in [6.45, 7) is 6.31. The minimum Gasteiger partial charge on any atom is -0.383 e. The predicted octanol–water partition coefficient (Wildman–Crippen LogP) is 1.78. The summed E-state index contributed by atoms with van der Waals surface area (Å²) in [6.07, 6.45) is 0. The van der Waals surface area contributed by atoms with Crippen molar-refractivity contribution in [2.24, 2.45) is 7.05 Å². The van der Waals surface area contributed by atoms with Gasteiger partial charge in [-0.1, -0.05) is 11.3 Å². The van der Waals surface area contributed by atoms with Gasteiger partial charge in [0.05, 0.1) is 12.3 Å². The molecule has 0 aliphatic heterocycles. The Morgan fingerprint density at radius 1 is 1.35 bits per heavy atom. The van der Waals surface area contributed by atoms with Crippen molar-refractivity contribution in [3.8, 4) is 0 Å². The number of hydrogen-bond donors (Lipinski definition) is 1. The molecule has 2 aromatic heterocycles. The van der Waals surface area contributed by atoms with Crippen LogP contribution in [0, 0.1) is 13.8 Å². The molecule has 0 aromatic carbocycles. The predicted molar refractivity (Wildman–Crippen MR) is 80.3 cm³/mol. The van der Waals surface area contributed by atoms with Crippen molar-refractivity contribution in [3.63, 3.8) is 0 Å². The van der Waals surface area contributed by atoms with Crippen LogP contribution in [0.25, 0.3) is 0 Å². The van der Waals surface area contributed by atoms with Crippen molar-refractivity contribution in [2.45, 2.75) is 29.8 Å². The molecule has 0 aliphatic rings. The first kappa shape index (κ1) is 15.4. The molecule has 2 heterocycles. The third kappa shape index (κ3) is 3.78. The van der Waals surface area contributed by atoms with Crippen LogP contribution < -0.4 is 5.32 Å². The van der Waals surface area contributed by atoms with Crippen LogP contribution in [0.4, 0.5) is 0 Å².